The van der Waals surface area contributed by atoms with E-state index in [-0.39, 0.29) is 6.04 Å². The van der Waals surface area contributed by atoms with E-state index >= 15 is 0 Å². The first kappa shape index (κ1) is 16.5. The summed E-state index contributed by atoms with van der Waals surface area (Å²) in [6.07, 6.45) is 5.25. The molecule has 2 rings (SSSR count). The van der Waals surface area contributed by atoms with Crippen molar-refractivity contribution in [1.82, 2.24) is 10.0 Å². The lowest BCUT2D eigenvalue weighted by atomic mass is 9.96. The summed E-state index contributed by atoms with van der Waals surface area (Å²) >= 11 is 0. The molecule has 0 unspecified atom stereocenters. The van der Waals surface area contributed by atoms with Crippen molar-refractivity contribution < 1.29 is 12.8 Å². The Morgan fingerprint density at radius 1 is 1.14 bits per heavy atom. The molecule has 21 heavy (non-hydrogen) atoms. The summed E-state index contributed by atoms with van der Waals surface area (Å²) in [5.74, 6) is 1.15. The van der Waals surface area contributed by atoms with Gasteiger partial charge in [-0.1, -0.05) is 26.2 Å². The fourth-order valence-electron chi connectivity index (χ4n) is 3.01. The van der Waals surface area contributed by atoms with Crippen molar-refractivity contribution in [2.75, 3.05) is 6.54 Å². The fraction of sp³-hybridized carbons (Fsp3) is 0.733. The zero-order valence-corrected chi connectivity index (χ0v) is 14.0. The summed E-state index contributed by atoms with van der Waals surface area (Å²) in [6, 6.07) is 0.0605. The van der Waals surface area contributed by atoms with Crippen molar-refractivity contribution in [3.63, 3.8) is 0 Å². The van der Waals surface area contributed by atoms with E-state index in [1.807, 2.05) is 13.8 Å². The molecule has 1 fully saturated rings. The molecular formula is C15H26N2O3S. The van der Waals surface area contributed by atoms with E-state index in [1.165, 1.54) is 6.42 Å². The molecule has 1 saturated carbocycles. The molecule has 1 aromatic rings. The minimum atomic E-state index is -3.51. The van der Waals surface area contributed by atoms with E-state index in [0.29, 0.717) is 23.0 Å². The van der Waals surface area contributed by atoms with Gasteiger partial charge in [0.2, 0.25) is 10.0 Å². The van der Waals surface area contributed by atoms with E-state index < -0.39 is 10.0 Å². The van der Waals surface area contributed by atoms with Crippen molar-refractivity contribution in [3.05, 3.63) is 17.1 Å². The van der Waals surface area contributed by atoms with Crippen LogP contribution in [0, 0.1) is 13.8 Å². The highest BCUT2D eigenvalue weighted by Crippen LogP contribution is 2.28. The lowest BCUT2D eigenvalue weighted by molar-refractivity contribution is 0.411. The molecule has 0 saturated heterocycles. The van der Waals surface area contributed by atoms with E-state index in [0.717, 1.165) is 37.8 Å². The second-order valence-corrected chi connectivity index (χ2v) is 7.41. The van der Waals surface area contributed by atoms with Crippen LogP contribution in [0.2, 0.25) is 0 Å². The average molecular weight is 314 g/mol. The number of sulfonamides is 1. The third-order valence-corrected chi connectivity index (χ3v) is 5.79. The molecule has 1 aliphatic carbocycles. The Morgan fingerprint density at radius 2 is 1.81 bits per heavy atom. The van der Waals surface area contributed by atoms with E-state index in [1.54, 1.807) is 6.92 Å². The smallest absolute Gasteiger partial charge is 0.244 e. The Hall–Kier alpha value is -0.850. The second kappa shape index (κ2) is 6.94. The number of aryl methyl sites for hydroxylation is 2. The van der Waals surface area contributed by atoms with Gasteiger partial charge in [-0.05, 0) is 33.2 Å². The maximum Gasteiger partial charge on any atom is 0.244 e. The number of furan rings is 1. The van der Waals surface area contributed by atoms with Crippen molar-refractivity contribution in [2.24, 2.45) is 0 Å². The van der Waals surface area contributed by atoms with Crippen LogP contribution in [-0.4, -0.2) is 21.0 Å². The number of rotatable bonds is 6. The molecule has 5 nitrogen and oxygen atoms in total. The highest BCUT2D eigenvalue weighted by Gasteiger charge is 2.29. The monoisotopic (exact) mass is 314 g/mol. The van der Waals surface area contributed by atoms with Crippen molar-refractivity contribution in [1.29, 1.82) is 0 Å². The molecule has 0 amide bonds. The first-order valence-corrected chi connectivity index (χ1v) is 9.26. The van der Waals surface area contributed by atoms with Gasteiger partial charge in [0.15, 0.2) is 0 Å². The van der Waals surface area contributed by atoms with E-state index in [9.17, 15) is 8.42 Å². The van der Waals surface area contributed by atoms with Gasteiger partial charge in [0.25, 0.3) is 0 Å². The predicted octanol–water partition coefficient (Wildman–Crippen LogP) is 2.62. The molecule has 0 aromatic carbocycles. The molecule has 1 aromatic heterocycles. The van der Waals surface area contributed by atoms with Gasteiger partial charge in [0.05, 0.1) is 0 Å². The Balaban J connectivity index is 2.25. The third-order valence-electron chi connectivity index (χ3n) is 4.07. The van der Waals surface area contributed by atoms with Gasteiger partial charge >= 0.3 is 0 Å². The summed E-state index contributed by atoms with van der Waals surface area (Å²) in [6.45, 7) is 6.84. The van der Waals surface area contributed by atoms with Gasteiger partial charge in [-0.3, -0.25) is 0 Å². The number of nitrogens with one attached hydrogen (secondary N) is 2. The van der Waals surface area contributed by atoms with Crippen LogP contribution in [0.25, 0.3) is 0 Å². The van der Waals surface area contributed by atoms with Crippen LogP contribution in [0.5, 0.6) is 0 Å². The van der Waals surface area contributed by atoms with Crippen LogP contribution < -0.4 is 10.0 Å². The maximum atomic E-state index is 12.7. The number of hydrogen-bond donors (Lipinski definition) is 2. The highest BCUT2D eigenvalue weighted by molar-refractivity contribution is 7.89. The van der Waals surface area contributed by atoms with Crippen LogP contribution in [-0.2, 0) is 16.6 Å². The minimum Gasteiger partial charge on any atom is -0.465 e. The van der Waals surface area contributed by atoms with Crippen LogP contribution >= 0.6 is 0 Å². The molecule has 0 bridgehead atoms. The minimum absolute atomic E-state index is 0.0605. The lowest BCUT2D eigenvalue weighted by Gasteiger charge is -2.22. The fourth-order valence-corrected chi connectivity index (χ4v) is 4.77. The zero-order chi connectivity index (χ0) is 15.5. The predicted molar refractivity (Wildman–Crippen MR) is 82.8 cm³/mol. The van der Waals surface area contributed by atoms with Crippen LogP contribution in [0.1, 0.15) is 56.1 Å². The van der Waals surface area contributed by atoms with Crippen molar-refractivity contribution >= 4 is 10.0 Å². The maximum absolute atomic E-state index is 12.7. The Labute approximate surface area is 127 Å². The Kier molecular flexibility index (Phi) is 5.46. The standard InChI is InChI=1S/C15H26N2O3S/c1-4-16-10-14-11(2)20-12(3)15(14)21(18,19)17-13-8-6-5-7-9-13/h13,16-17H,4-10H2,1-3H3. The summed E-state index contributed by atoms with van der Waals surface area (Å²) in [5, 5.41) is 3.18. The molecule has 0 radical (unpaired) electrons. The molecule has 2 N–H and O–H groups in total. The third kappa shape index (κ3) is 3.87. The summed E-state index contributed by atoms with van der Waals surface area (Å²) in [7, 11) is -3.51. The first-order valence-electron chi connectivity index (χ1n) is 7.77. The Morgan fingerprint density at radius 3 is 2.43 bits per heavy atom. The van der Waals surface area contributed by atoms with Crippen molar-refractivity contribution in [3.8, 4) is 0 Å². The molecule has 0 atom stereocenters. The number of hydrogen-bond acceptors (Lipinski definition) is 4. The topological polar surface area (TPSA) is 71.3 Å². The molecule has 120 valence electrons. The average Bonchev–Trinajstić information content (AvgIpc) is 2.72. The van der Waals surface area contributed by atoms with Gasteiger partial charge in [0, 0.05) is 18.2 Å². The van der Waals surface area contributed by atoms with Gasteiger partial charge in [-0.25, -0.2) is 13.1 Å². The van der Waals surface area contributed by atoms with E-state index in [4.69, 9.17) is 4.42 Å². The molecule has 0 aliphatic heterocycles. The highest BCUT2D eigenvalue weighted by atomic mass is 32.2. The molecule has 1 aliphatic rings. The van der Waals surface area contributed by atoms with Crippen LogP contribution in [0.15, 0.2) is 9.31 Å². The Bertz CT molecular complexity index is 572. The van der Waals surface area contributed by atoms with Crippen LogP contribution in [0.4, 0.5) is 0 Å². The van der Waals surface area contributed by atoms with Gasteiger partial charge < -0.3 is 9.73 Å². The summed E-state index contributed by atoms with van der Waals surface area (Å²) < 4.78 is 33.9. The second-order valence-electron chi connectivity index (χ2n) is 5.76. The molecule has 1 heterocycles. The van der Waals surface area contributed by atoms with Crippen molar-refractivity contribution in [2.45, 2.75) is 70.4 Å². The van der Waals surface area contributed by atoms with E-state index in [2.05, 4.69) is 10.0 Å². The molecule has 6 heteroatoms. The lowest BCUT2D eigenvalue weighted by Crippen LogP contribution is -2.36. The van der Waals surface area contributed by atoms with Gasteiger partial charge in [-0.15, -0.1) is 0 Å². The SMILES string of the molecule is CCNCc1c(C)oc(C)c1S(=O)(=O)NC1CCCCC1. The normalized spacial score (nSPS) is 17.3. The van der Waals surface area contributed by atoms with Gasteiger partial charge in [0.1, 0.15) is 16.4 Å². The molecular weight excluding hydrogens is 288 g/mol. The largest absolute Gasteiger partial charge is 0.465 e. The van der Waals surface area contributed by atoms with Gasteiger partial charge in [-0.2, -0.15) is 0 Å². The summed E-state index contributed by atoms with van der Waals surface area (Å²) in [4.78, 5) is 0.325. The summed E-state index contributed by atoms with van der Waals surface area (Å²) in [5.41, 5.74) is 0.748. The molecule has 0 spiro atoms. The van der Waals surface area contributed by atoms with Crippen LogP contribution in [0.3, 0.4) is 0 Å². The first-order chi connectivity index (χ1) is 9.95. The zero-order valence-electron chi connectivity index (χ0n) is 13.2. The quantitative estimate of drug-likeness (QED) is 0.846.